The first-order chi connectivity index (χ1) is 9.11. The largest absolute Gasteiger partial charge is 0.462 e. The van der Waals surface area contributed by atoms with E-state index in [1.807, 2.05) is 6.92 Å². The molecule has 5 heteroatoms. The van der Waals surface area contributed by atoms with Gasteiger partial charge in [-0.15, -0.1) is 11.3 Å². The molecule has 1 aromatic rings. The van der Waals surface area contributed by atoms with E-state index in [9.17, 15) is 4.79 Å². The van der Waals surface area contributed by atoms with Crippen LogP contribution in [0.2, 0.25) is 0 Å². The second-order valence-corrected chi connectivity index (χ2v) is 6.57. The Balaban J connectivity index is 1.88. The summed E-state index contributed by atoms with van der Waals surface area (Å²) in [5.74, 6) is 0.973. The monoisotopic (exact) mass is 280 g/mol. The van der Waals surface area contributed by atoms with Crippen LogP contribution in [0.25, 0.3) is 0 Å². The lowest BCUT2D eigenvalue weighted by atomic mass is 10.1. The topological polar surface area (TPSA) is 64.3 Å². The van der Waals surface area contributed by atoms with Crippen LogP contribution in [0.5, 0.6) is 0 Å². The van der Waals surface area contributed by atoms with E-state index in [1.54, 1.807) is 0 Å². The minimum atomic E-state index is -0.288. The molecule has 0 aliphatic heterocycles. The maximum Gasteiger partial charge on any atom is 0.350 e. The standard InChI is InChI=1S/C14H20N2O2S/c1-3-18-14(17)12-11(15)10(8-4-5-8)13(19-12)16-9-6-7(9)2/h7-9,16H,3-6,15H2,1-2H3. The summed E-state index contributed by atoms with van der Waals surface area (Å²) >= 11 is 1.46. The summed E-state index contributed by atoms with van der Waals surface area (Å²) in [7, 11) is 0. The molecule has 19 heavy (non-hydrogen) atoms. The Morgan fingerprint density at radius 2 is 2.21 bits per heavy atom. The lowest BCUT2D eigenvalue weighted by Gasteiger charge is -2.06. The molecule has 0 saturated heterocycles. The molecule has 2 aliphatic carbocycles. The Morgan fingerprint density at radius 3 is 2.74 bits per heavy atom. The van der Waals surface area contributed by atoms with E-state index in [4.69, 9.17) is 10.5 Å². The average Bonchev–Trinajstić information content (AvgIpc) is 3.26. The van der Waals surface area contributed by atoms with Gasteiger partial charge >= 0.3 is 5.97 Å². The molecule has 0 radical (unpaired) electrons. The smallest absolute Gasteiger partial charge is 0.350 e. The van der Waals surface area contributed by atoms with E-state index in [-0.39, 0.29) is 5.97 Å². The summed E-state index contributed by atoms with van der Waals surface area (Å²) in [6.45, 7) is 4.43. The number of hydrogen-bond acceptors (Lipinski definition) is 5. The van der Waals surface area contributed by atoms with Crippen molar-refractivity contribution in [2.75, 3.05) is 17.7 Å². The highest BCUT2D eigenvalue weighted by atomic mass is 32.1. The lowest BCUT2D eigenvalue weighted by Crippen LogP contribution is -2.05. The number of rotatable bonds is 5. The molecule has 3 rings (SSSR count). The van der Waals surface area contributed by atoms with Crippen molar-refractivity contribution in [1.82, 2.24) is 0 Å². The number of carbonyl (C=O) groups is 1. The van der Waals surface area contributed by atoms with Crippen LogP contribution in [-0.2, 0) is 4.74 Å². The Hall–Kier alpha value is -1.23. The summed E-state index contributed by atoms with van der Waals surface area (Å²) in [6.07, 6.45) is 3.56. The van der Waals surface area contributed by atoms with Crippen molar-refractivity contribution >= 4 is 28.0 Å². The number of nitrogens with two attached hydrogens (primary N) is 1. The van der Waals surface area contributed by atoms with Gasteiger partial charge in [0.25, 0.3) is 0 Å². The maximum atomic E-state index is 11.9. The highest BCUT2D eigenvalue weighted by Gasteiger charge is 2.37. The highest BCUT2D eigenvalue weighted by molar-refractivity contribution is 7.18. The van der Waals surface area contributed by atoms with Crippen LogP contribution in [0, 0.1) is 5.92 Å². The first-order valence-electron chi connectivity index (χ1n) is 6.97. The fourth-order valence-electron chi connectivity index (χ4n) is 2.38. The van der Waals surface area contributed by atoms with Crippen molar-refractivity contribution in [2.45, 2.75) is 45.1 Å². The molecule has 2 fully saturated rings. The number of anilines is 2. The van der Waals surface area contributed by atoms with Gasteiger partial charge < -0.3 is 15.8 Å². The zero-order valence-electron chi connectivity index (χ0n) is 11.4. The van der Waals surface area contributed by atoms with Crippen molar-refractivity contribution < 1.29 is 9.53 Å². The van der Waals surface area contributed by atoms with Gasteiger partial charge in [0.15, 0.2) is 0 Å². The van der Waals surface area contributed by atoms with Crippen molar-refractivity contribution in [3.8, 4) is 0 Å². The van der Waals surface area contributed by atoms with Crippen LogP contribution in [0.3, 0.4) is 0 Å². The van der Waals surface area contributed by atoms with E-state index < -0.39 is 0 Å². The molecule has 0 aromatic carbocycles. The molecule has 0 spiro atoms. The Bertz CT molecular complexity index is 508. The molecule has 1 heterocycles. The van der Waals surface area contributed by atoms with Crippen molar-refractivity contribution in [2.24, 2.45) is 5.92 Å². The van der Waals surface area contributed by atoms with E-state index in [1.165, 1.54) is 30.6 Å². The van der Waals surface area contributed by atoms with Crippen LogP contribution in [0.1, 0.15) is 54.3 Å². The molecule has 2 atom stereocenters. The summed E-state index contributed by atoms with van der Waals surface area (Å²) in [5, 5.41) is 4.64. The SMILES string of the molecule is CCOC(=O)c1sc(NC2CC2C)c(C2CC2)c1N. The van der Waals surface area contributed by atoms with Crippen LogP contribution < -0.4 is 11.1 Å². The van der Waals surface area contributed by atoms with Gasteiger partial charge in [-0.2, -0.15) is 0 Å². The van der Waals surface area contributed by atoms with Gasteiger partial charge in [0.05, 0.1) is 17.3 Å². The molecular formula is C14H20N2O2S. The van der Waals surface area contributed by atoms with Crippen LogP contribution in [0.4, 0.5) is 10.7 Å². The first kappa shape index (κ1) is 12.8. The molecule has 0 amide bonds. The van der Waals surface area contributed by atoms with Crippen molar-refractivity contribution in [3.05, 3.63) is 10.4 Å². The predicted octanol–water partition coefficient (Wildman–Crippen LogP) is 3.20. The lowest BCUT2D eigenvalue weighted by molar-refractivity contribution is 0.0533. The van der Waals surface area contributed by atoms with Gasteiger partial charge in [0.2, 0.25) is 0 Å². The number of nitrogens with one attached hydrogen (secondary N) is 1. The van der Waals surface area contributed by atoms with Gasteiger partial charge in [-0.1, -0.05) is 6.92 Å². The molecule has 2 aliphatic rings. The van der Waals surface area contributed by atoms with Crippen LogP contribution in [0.15, 0.2) is 0 Å². The molecule has 104 valence electrons. The molecule has 3 N–H and O–H groups in total. The number of hydrogen-bond donors (Lipinski definition) is 2. The molecular weight excluding hydrogens is 260 g/mol. The molecule has 0 bridgehead atoms. The van der Waals surface area contributed by atoms with Gasteiger partial charge in [-0.05, 0) is 38.0 Å². The van der Waals surface area contributed by atoms with Gasteiger partial charge in [0, 0.05) is 11.6 Å². The van der Waals surface area contributed by atoms with E-state index in [0.717, 1.165) is 16.5 Å². The maximum absolute atomic E-state index is 11.9. The fraction of sp³-hybridized carbons (Fsp3) is 0.643. The zero-order valence-corrected chi connectivity index (χ0v) is 12.2. The highest BCUT2D eigenvalue weighted by Crippen LogP contribution is 2.52. The average molecular weight is 280 g/mol. The van der Waals surface area contributed by atoms with Crippen molar-refractivity contribution in [1.29, 1.82) is 0 Å². The molecule has 2 unspecified atom stereocenters. The number of thiophene rings is 1. The molecule has 2 saturated carbocycles. The number of esters is 1. The number of carbonyl (C=O) groups excluding carboxylic acids is 1. The Morgan fingerprint density at radius 1 is 1.53 bits per heavy atom. The number of nitrogen functional groups attached to an aromatic ring is 1. The minimum Gasteiger partial charge on any atom is -0.462 e. The second kappa shape index (κ2) is 4.71. The summed E-state index contributed by atoms with van der Waals surface area (Å²) in [6, 6.07) is 0.547. The predicted molar refractivity (Wildman–Crippen MR) is 77.9 cm³/mol. The third-order valence-corrected chi connectivity index (χ3v) is 4.99. The fourth-order valence-corrected chi connectivity index (χ4v) is 3.54. The van der Waals surface area contributed by atoms with E-state index in [2.05, 4.69) is 12.2 Å². The second-order valence-electron chi connectivity index (χ2n) is 5.55. The quantitative estimate of drug-likeness (QED) is 0.813. The normalized spacial score (nSPS) is 25.2. The van der Waals surface area contributed by atoms with Gasteiger partial charge in [-0.25, -0.2) is 4.79 Å². The molecule has 4 nitrogen and oxygen atoms in total. The van der Waals surface area contributed by atoms with Crippen LogP contribution >= 0.6 is 11.3 Å². The zero-order chi connectivity index (χ0) is 13.6. The van der Waals surface area contributed by atoms with Gasteiger partial charge in [-0.3, -0.25) is 0 Å². The summed E-state index contributed by atoms with van der Waals surface area (Å²) in [5.41, 5.74) is 7.98. The third-order valence-electron chi connectivity index (χ3n) is 3.86. The summed E-state index contributed by atoms with van der Waals surface area (Å²) in [4.78, 5) is 12.5. The minimum absolute atomic E-state index is 0.288. The van der Waals surface area contributed by atoms with E-state index in [0.29, 0.717) is 29.1 Å². The van der Waals surface area contributed by atoms with E-state index >= 15 is 0 Å². The summed E-state index contributed by atoms with van der Waals surface area (Å²) < 4.78 is 5.08. The van der Waals surface area contributed by atoms with Crippen LogP contribution in [-0.4, -0.2) is 18.6 Å². The Labute approximate surface area is 117 Å². The number of ether oxygens (including phenoxy) is 1. The third kappa shape index (κ3) is 2.43. The Kier molecular flexibility index (Phi) is 3.17. The first-order valence-corrected chi connectivity index (χ1v) is 7.79. The molecule has 1 aromatic heterocycles. The van der Waals surface area contributed by atoms with Crippen molar-refractivity contribution in [3.63, 3.8) is 0 Å². The van der Waals surface area contributed by atoms with Gasteiger partial charge in [0.1, 0.15) is 4.88 Å².